The Labute approximate surface area is 164 Å². The third-order valence-corrected chi connectivity index (χ3v) is 4.73. The maximum absolute atomic E-state index is 6.39. The van der Waals surface area contributed by atoms with Crippen molar-refractivity contribution in [3.8, 4) is 5.75 Å². The summed E-state index contributed by atoms with van der Waals surface area (Å²) in [5.74, 6) is 0.680. The third-order valence-electron chi connectivity index (χ3n) is 4.19. The van der Waals surface area contributed by atoms with E-state index < -0.39 is 0 Å². The summed E-state index contributed by atoms with van der Waals surface area (Å²) in [6.07, 6.45) is 1.00. The third kappa shape index (κ3) is 4.94. The highest BCUT2D eigenvalue weighted by molar-refractivity contribution is 6.32. The summed E-state index contributed by atoms with van der Waals surface area (Å²) in [4.78, 5) is 0. The fourth-order valence-corrected chi connectivity index (χ4v) is 3.10. The summed E-state index contributed by atoms with van der Waals surface area (Å²) in [5, 5.41) is 4.81. The summed E-state index contributed by atoms with van der Waals surface area (Å²) < 4.78 is 5.82. The Balaban J connectivity index is 1.61. The average Bonchev–Trinajstić information content (AvgIpc) is 2.67. The van der Waals surface area contributed by atoms with Crippen LogP contribution in [0.5, 0.6) is 5.75 Å². The van der Waals surface area contributed by atoms with Gasteiger partial charge in [0.15, 0.2) is 0 Å². The van der Waals surface area contributed by atoms with Gasteiger partial charge in [0.2, 0.25) is 0 Å². The van der Waals surface area contributed by atoms with Gasteiger partial charge in [-0.2, -0.15) is 0 Å². The summed E-state index contributed by atoms with van der Waals surface area (Å²) in [6.45, 7) is 3.33. The Bertz CT molecular complexity index is 862. The molecule has 0 aromatic heterocycles. The number of hydrogen-bond acceptors (Lipinski definition) is 2. The van der Waals surface area contributed by atoms with Crippen molar-refractivity contribution in [3.63, 3.8) is 0 Å². The van der Waals surface area contributed by atoms with E-state index in [0.717, 1.165) is 23.2 Å². The molecule has 0 unspecified atom stereocenters. The van der Waals surface area contributed by atoms with Crippen molar-refractivity contribution in [1.29, 1.82) is 0 Å². The smallest absolute Gasteiger partial charge is 0.138 e. The van der Waals surface area contributed by atoms with E-state index in [-0.39, 0.29) is 0 Å². The maximum atomic E-state index is 6.39. The molecule has 0 radical (unpaired) electrons. The van der Waals surface area contributed by atoms with Crippen molar-refractivity contribution in [3.05, 3.63) is 93.5 Å². The van der Waals surface area contributed by atoms with Gasteiger partial charge in [-0.1, -0.05) is 66.5 Å². The van der Waals surface area contributed by atoms with E-state index in [9.17, 15) is 0 Å². The first-order valence-corrected chi connectivity index (χ1v) is 9.38. The van der Waals surface area contributed by atoms with Crippen molar-refractivity contribution < 1.29 is 4.74 Å². The molecule has 4 heteroatoms. The van der Waals surface area contributed by atoms with Crippen LogP contribution in [0, 0.1) is 0 Å². The van der Waals surface area contributed by atoms with Gasteiger partial charge in [-0.05, 0) is 53.4 Å². The van der Waals surface area contributed by atoms with Crippen LogP contribution in [-0.4, -0.2) is 0 Å². The van der Waals surface area contributed by atoms with Gasteiger partial charge in [-0.3, -0.25) is 0 Å². The number of halogens is 2. The molecule has 0 spiro atoms. The van der Waals surface area contributed by atoms with Crippen LogP contribution in [0.3, 0.4) is 0 Å². The molecule has 0 atom stereocenters. The lowest BCUT2D eigenvalue weighted by atomic mass is 10.1. The van der Waals surface area contributed by atoms with E-state index in [1.807, 2.05) is 48.5 Å². The van der Waals surface area contributed by atoms with Crippen molar-refractivity contribution in [1.82, 2.24) is 0 Å². The van der Waals surface area contributed by atoms with Crippen LogP contribution in [0.4, 0.5) is 5.69 Å². The highest BCUT2D eigenvalue weighted by Gasteiger charge is 2.05. The number of nitrogens with one attached hydrogen (secondary N) is 1. The van der Waals surface area contributed by atoms with E-state index in [1.165, 1.54) is 5.56 Å². The van der Waals surface area contributed by atoms with E-state index in [0.29, 0.717) is 28.9 Å². The van der Waals surface area contributed by atoms with Gasteiger partial charge >= 0.3 is 0 Å². The number of aryl methyl sites for hydroxylation is 1. The van der Waals surface area contributed by atoms with Gasteiger partial charge in [0.25, 0.3) is 0 Å². The molecule has 3 aromatic carbocycles. The summed E-state index contributed by atoms with van der Waals surface area (Å²) in [7, 11) is 0. The van der Waals surface area contributed by atoms with E-state index >= 15 is 0 Å². The largest absolute Gasteiger partial charge is 0.487 e. The monoisotopic (exact) mass is 385 g/mol. The van der Waals surface area contributed by atoms with Gasteiger partial charge in [0, 0.05) is 17.3 Å². The minimum atomic E-state index is 0.457. The number of hydrogen-bond donors (Lipinski definition) is 1. The second-order valence-corrected chi connectivity index (χ2v) is 6.89. The molecule has 0 fully saturated rings. The molecule has 0 saturated heterocycles. The zero-order chi connectivity index (χ0) is 18.4. The van der Waals surface area contributed by atoms with E-state index in [2.05, 4.69) is 30.4 Å². The number of benzene rings is 3. The Kier molecular flexibility index (Phi) is 6.43. The second-order valence-electron chi connectivity index (χ2n) is 6.04. The van der Waals surface area contributed by atoms with Gasteiger partial charge in [-0.25, -0.2) is 0 Å². The van der Waals surface area contributed by atoms with Gasteiger partial charge in [0.05, 0.1) is 5.02 Å². The molecule has 0 saturated carbocycles. The van der Waals surface area contributed by atoms with Crippen LogP contribution < -0.4 is 10.1 Å². The molecular formula is C22H21Cl2NO. The molecular weight excluding hydrogens is 365 g/mol. The van der Waals surface area contributed by atoms with Crippen LogP contribution in [0.15, 0.2) is 66.7 Å². The zero-order valence-corrected chi connectivity index (χ0v) is 16.1. The molecule has 0 heterocycles. The lowest BCUT2D eigenvalue weighted by molar-refractivity contribution is 0.306. The standard InChI is InChI=1S/C22H21Cl2NO/c1-2-18-5-3-4-6-21(18)25-14-17-9-12-22(20(24)13-17)26-15-16-7-10-19(23)11-8-16/h3-13,25H,2,14-15H2,1H3. The van der Waals surface area contributed by atoms with Crippen LogP contribution in [0.25, 0.3) is 0 Å². The van der Waals surface area contributed by atoms with Gasteiger partial charge in [-0.15, -0.1) is 0 Å². The predicted molar refractivity (Wildman–Crippen MR) is 110 cm³/mol. The van der Waals surface area contributed by atoms with Crippen molar-refractivity contribution in [2.45, 2.75) is 26.5 Å². The van der Waals surface area contributed by atoms with Crippen LogP contribution in [0.1, 0.15) is 23.6 Å². The number of anilines is 1. The summed E-state index contributed by atoms with van der Waals surface area (Å²) >= 11 is 12.3. The topological polar surface area (TPSA) is 21.3 Å². The molecule has 0 bridgehead atoms. The molecule has 134 valence electrons. The quantitative estimate of drug-likeness (QED) is 0.485. The highest BCUT2D eigenvalue weighted by atomic mass is 35.5. The molecule has 1 N–H and O–H groups in total. The zero-order valence-electron chi connectivity index (χ0n) is 14.6. The molecule has 0 aliphatic rings. The highest BCUT2D eigenvalue weighted by Crippen LogP contribution is 2.27. The minimum absolute atomic E-state index is 0.457. The number of ether oxygens (including phenoxy) is 1. The molecule has 3 rings (SSSR count). The van der Waals surface area contributed by atoms with E-state index in [1.54, 1.807) is 0 Å². The minimum Gasteiger partial charge on any atom is -0.487 e. The van der Waals surface area contributed by atoms with Crippen molar-refractivity contribution >= 4 is 28.9 Å². The lowest BCUT2D eigenvalue weighted by Gasteiger charge is -2.13. The molecule has 0 aliphatic carbocycles. The van der Waals surface area contributed by atoms with Gasteiger partial charge < -0.3 is 10.1 Å². The molecule has 26 heavy (non-hydrogen) atoms. The maximum Gasteiger partial charge on any atom is 0.138 e. The van der Waals surface area contributed by atoms with E-state index in [4.69, 9.17) is 27.9 Å². The Morgan fingerprint density at radius 3 is 2.35 bits per heavy atom. The van der Waals surface area contributed by atoms with Gasteiger partial charge in [0.1, 0.15) is 12.4 Å². The normalized spacial score (nSPS) is 10.6. The molecule has 0 amide bonds. The first-order valence-electron chi connectivity index (χ1n) is 8.63. The SMILES string of the molecule is CCc1ccccc1NCc1ccc(OCc2ccc(Cl)cc2)c(Cl)c1. The number of para-hydroxylation sites is 1. The molecule has 2 nitrogen and oxygen atoms in total. The Morgan fingerprint density at radius 2 is 1.62 bits per heavy atom. The molecule has 0 aliphatic heterocycles. The average molecular weight is 386 g/mol. The van der Waals surface area contributed by atoms with Crippen LogP contribution >= 0.6 is 23.2 Å². The Morgan fingerprint density at radius 1 is 0.885 bits per heavy atom. The predicted octanol–water partition coefficient (Wildman–Crippen LogP) is 6.75. The fraction of sp³-hybridized carbons (Fsp3) is 0.182. The fourth-order valence-electron chi connectivity index (χ4n) is 2.71. The first-order chi connectivity index (χ1) is 12.7. The van der Waals surface area contributed by atoms with Crippen molar-refractivity contribution in [2.24, 2.45) is 0 Å². The second kappa shape index (κ2) is 8.98. The lowest BCUT2D eigenvalue weighted by Crippen LogP contribution is -2.02. The molecule has 3 aromatic rings. The van der Waals surface area contributed by atoms with Crippen LogP contribution in [0.2, 0.25) is 10.0 Å². The summed E-state index contributed by atoms with van der Waals surface area (Å²) in [5.41, 5.74) is 4.63. The Hall–Kier alpha value is -2.16. The first kappa shape index (κ1) is 18.6. The van der Waals surface area contributed by atoms with Crippen LogP contribution in [-0.2, 0) is 19.6 Å². The summed E-state index contributed by atoms with van der Waals surface area (Å²) in [6, 6.07) is 21.8. The number of rotatable bonds is 7. The van der Waals surface area contributed by atoms with Crippen molar-refractivity contribution in [2.75, 3.05) is 5.32 Å².